The fourth-order valence-corrected chi connectivity index (χ4v) is 12.0. The number of ether oxygens (including phenoxy) is 1. The van der Waals surface area contributed by atoms with Gasteiger partial charge in [0.2, 0.25) is 0 Å². The zero-order valence-corrected chi connectivity index (χ0v) is 31.4. The third-order valence-electron chi connectivity index (χ3n) is 13.3. The molecule has 10 nitrogen and oxygen atoms in total. The summed E-state index contributed by atoms with van der Waals surface area (Å²) in [5.74, 6) is 3.71. The van der Waals surface area contributed by atoms with Crippen LogP contribution in [0.3, 0.4) is 0 Å². The maximum Gasteiger partial charge on any atom is 0.411 e. The lowest BCUT2D eigenvalue weighted by Gasteiger charge is -2.58. The smallest absolute Gasteiger partial charge is 0.411 e. The summed E-state index contributed by atoms with van der Waals surface area (Å²) in [6, 6.07) is 3.63. The first-order valence-corrected chi connectivity index (χ1v) is 21.1. The number of phenolic OH excluding ortho intramolecular Hbond substituents is 1. The van der Waals surface area contributed by atoms with E-state index in [1.165, 1.54) is 50.5 Å². The Labute approximate surface area is 296 Å². The number of anilines is 1. The minimum Gasteiger partial charge on any atom is -0.507 e. The van der Waals surface area contributed by atoms with Crippen molar-refractivity contribution in [2.75, 3.05) is 5.32 Å². The van der Waals surface area contributed by atoms with Crippen LogP contribution in [0.1, 0.15) is 105 Å². The van der Waals surface area contributed by atoms with E-state index in [9.17, 15) is 35.8 Å². The van der Waals surface area contributed by atoms with Crippen LogP contribution in [0.15, 0.2) is 45.7 Å². The van der Waals surface area contributed by atoms with Gasteiger partial charge in [-0.25, -0.2) is 4.79 Å². The van der Waals surface area contributed by atoms with Crippen molar-refractivity contribution >= 4 is 42.8 Å². The van der Waals surface area contributed by atoms with Gasteiger partial charge in [-0.1, -0.05) is 65.5 Å². The van der Waals surface area contributed by atoms with Gasteiger partial charge in [0.25, 0.3) is 20.2 Å². The summed E-state index contributed by atoms with van der Waals surface area (Å²) in [5, 5.41) is 12.9. The molecule has 3 saturated carbocycles. The van der Waals surface area contributed by atoms with Gasteiger partial charge in [0.15, 0.2) is 0 Å². The molecule has 12 heteroatoms. The van der Waals surface area contributed by atoms with Crippen LogP contribution in [-0.2, 0) is 25.0 Å². The Morgan fingerprint density at radius 2 is 1.60 bits per heavy atom. The quantitative estimate of drug-likeness (QED) is 0.145. The number of phenols is 1. The maximum absolute atomic E-state index is 13.3. The highest BCUT2D eigenvalue weighted by atomic mass is 32.2. The van der Waals surface area contributed by atoms with Gasteiger partial charge in [-0.15, -0.1) is 0 Å². The topological polar surface area (TPSA) is 167 Å². The number of carbonyl (C=O) groups is 1. The molecule has 6 rings (SSSR count). The van der Waals surface area contributed by atoms with Crippen molar-refractivity contribution in [3.63, 3.8) is 0 Å². The van der Waals surface area contributed by atoms with Crippen LogP contribution >= 0.6 is 0 Å². The van der Waals surface area contributed by atoms with Gasteiger partial charge in [0.05, 0.1) is 15.5 Å². The van der Waals surface area contributed by atoms with Crippen molar-refractivity contribution in [1.29, 1.82) is 0 Å². The molecule has 4 aliphatic carbocycles. The molecule has 0 bridgehead atoms. The molecule has 4 N–H and O–H groups in total. The SMILES string of the molecule is CC(C)CCC[C@@H](C)[C@H]1CC[C@H]2[C@@H]3CC=C4CC(OC(=O)Nc5cc(S(=O)(=O)O)cc6cc(S(=O)(=O)O)cc(O)c56)CC[C@]4(C)[C@H]3CC[C@]12C. The lowest BCUT2D eigenvalue weighted by molar-refractivity contribution is -0.0577. The molecule has 2 aromatic carbocycles. The van der Waals surface area contributed by atoms with Crippen LogP contribution in [-0.4, -0.2) is 43.2 Å². The minimum absolute atomic E-state index is 0.0537. The van der Waals surface area contributed by atoms with Crippen LogP contribution in [0.25, 0.3) is 10.8 Å². The third kappa shape index (κ3) is 6.94. The highest BCUT2D eigenvalue weighted by molar-refractivity contribution is 7.86. The van der Waals surface area contributed by atoms with E-state index < -0.39 is 48.0 Å². The number of allylic oxidation sites excluding steroid dienone is 1. The number of amides is 1. The second-order valence-electron chi connectivity index (χ2n) is 16.6. The van der Waals surface area contributed by atoms with E-state index in [-0.39, 0.29) is 21.9 Å². The van der Waals surface area contributed by atoms with E-state index in [0.717, 1.165) is 60.8 Å². The molecule has 0 heterocycles. The zero-order valence-electron chi connectivity index (χ0n) is 29.8. The first kappa shape index (κ1) is 37.1. The molecule has 3 fully saturated rings. The number of nitrogens with one attached hydrogen (secondary N) is 1. The second kappa shape index (κ2) is 13.4. The summed E-state index contributed by atoms with van der Waals surface area (Å²) in [6.07, 6.45) is 13.5. The van der Waals surface area contributed by atoms with Crippen LogP contribution in [0, 0.1) is 46.3 Å². The van der Waals surface area contributed by atoms with Gasteiger partial charge in [0, 0.05) is 17.9 Å². The fourth-order valence-electron chi connectivity index (χ4n) is 10.9. The van der Waals surface area contributed by atoms with Gasteiger partial charge >= 0.3 is 6.09 Å². The molecule has 50 heavy (non-hydrogen) atoms. The van der Waals surface area contributed by atoms with E-state index in [1.54, 1.807) is 0 Å². The van der Waals surface area contributed by atoms with Crippen molar-refractivity contribution in [2.24, 2.45) is 46.3 Å². The van der Waals surface area contributed by atoms with Gasteiger partial charge in [-0.2, -0.15) is 16.8 Å². The Kier molecular flexibility index (Phi) is 9.93. The van der Waals surface area contributed by atoms with Gasteiger partial charge in [-0.05, 0) is 115 Å². The van der Waals surface area contributed by atoms with Crippen LogP contribution in [0.4, 0.5) is 10.5 Å². The number of aromatic hydroxyl groups is 1. The Balaban J connectivity index is 1.16. The number of carbonyl (C=O) groups excluding carboxylic acids is 1. The molecule has 0 saturated heterocycles. The molecule has 2 aromatic rings. The Hall–Kier alpha value is -2.67. The molecule has 1 unspecified atom stereocenters. The predicted molar refractivity (Wildman–Crippen MR) is 192 cm³/mol. The van der Waals surface area contributed by atoms with E-state index in [1.807, 2.05) is 0 Å². The minimum atomic E-state index is -4.79. The van der Waals surface area contributed by atoms with Crippen molar-refractivity contribution in [3.8, 4) is 5.75 Å². The highest BCUT2D eigenvalue weighted by Crippen LogP contribution is 2.67. The fraction of sp³-hybridized carbons (Fsp3) is 0.658. The molecule has 0 radical (unpaired) electrons. The van der Waals surface area contributed by atoms with Crippen molar-refractivity contribution in [1.82, 2.24) is 0 Å². The van der Waals surface area contributed by atoms with Gasteiger partial charge in [0.1, 0.15) is 11.9 Å². The lowest BCUT2D eigenvalue weighted by atomic mass is 9.47. The molecular formula is C38H53NO9S2. The Morgan fingerprint density at radius 3 is 2.26 bits per heavy atom. The average molecular weight is 732 g/mol. The van der Waals surface area contributed by atoms with E-state index >= 15 is 0 Å². The first-order valence-electron chi connectivity index (χ1n) is 18.2. The van der Waals surface area contributed by atoms with Crippen LogP contribution < -0.4 is 5.32 Å². The number of benzene rings is 2. The van der Waals surface area contributed by atoms with Crippen molar-refractivity contribution in [3.05, 3.63) is 35.9 Å². The molecule has 0 aromatic heterocycles. The lowest BCUT2D eigenvalue weighted by Crippen LogP contribution is -2.51. The molecule has 0 aliphatic heterocycles. The summed E-state index contributed by atoms with van der Waals surface area (Å²) < 4.78 is 72.6. The van der Waals surface area contributed by atoms with Crippen LogP contribution in [0.2, 0.25) is 0 Å². The predicted octanol–water partition coefficient (Wildman–Crippen LogP) is 9.00. The second-order valence-corrected chi connectivity index (χ2v) is 19.5. The van der Waals surface area contributed by atoms with Crippen molar-refractivity contribution < 1.29 is 40.6 Å². The number of hydrogen-bond donors (Lipinski definition) is 4. The van der Waals surface area contributed by atoms with E-state index in [2.05, 4.69) is 46.0 Å². The summed E-state index contributed by atoms with van der Waals surface area (Å²) in [6.45, 7) is 12.1. The Morgan fingerprint density at radius 1 is 0.920 bits per heavy atom. The van der Waals surface area contributed by atoms with E-state index in [0.29, 0.717) is 30.1 Å². The zero-order chi connectivity index (χ0) is 36.4. The first-order chi connectivity index (χ1) is 23.3. The maximum atomic E-state index is 13.3. The normalized spacial score (nSPS) is 31.8. The largest absolute Gasteiger partial charge is 0.507 e. The Bertz CT molecular complexity index is 1900. The van der Waals surface area contributed by atoms with Gasteiger partial charge in [-0.3, -0.25) is 14.4 Å². The standard InChI is InChI=1S/C38H53NO9S2/c1-22(2)7-6-8-23(3)30-11-12-31-29-10-9-25-19-26(13-15-37(25,4)32(29)14-16-38(30,31)5)48-36(41)39-33-20-27(49(42,43)44)17-24-18-28(50(45,46)47)21-34(40)35(24)33/h9,17-18,20-23,26,29-32,40H,6-8,10-16,19H2,1-5H3,(H,39,41)(H,42,43,44)(H,45,46,47)/t23-,26?,29+,30-,31+,32+,37+,38-/m1/s1. The molecule has 8 atom stereocenters. The summed E-state index contributed by atoms with van der Waals surface area (Å²) in [5.41, 5.74) is 1.60. The van der Waals surface area contributed by atoms with E-state index in [4.69, 9.17) is 4.74 Å². The number of hydrogen-bond acceptors (Lipinski definition) is 7. The monoisotopic (exact) mass is 731 g/mol. The van der Waals surface area contributed by atoms with Crippen molar-refractivity contribution in [2.45, 2.75) is 121 Å². The molecule has 4 aliphatic rings. The molecular weight excluding hydrogens is 679 g/mol. The summed E-state index contributed by atoms with van der Waals surface area (Å²) in [7, 11) is -9.54. The molecule has 0 spiro atoms. The van der Waals surface area contributed by atoms with Crippen LogP contribution in [0.5, 0.6) is 5.75 Å². The molecule has 1 amide bonds. The summed E-state index contributed by atoms with van der Waals surface area (Å²) >= 11 is 0. The highest BCUT2D eigenvalue weighted by Gasteiger charge is 2.59. The van der Waals surface area contributed by atoms with Gasteiger partial charge < -0.3 is 9.84 Å². The molecule has 276 valence electrons. The summed E-state index contributed by atoms with van der Waals surface area (Å²) in [4.78, 5) is 11.9. The third-order valence-corrected chi connectivity index (χ3v) is 15.0. The average Bonchev–Trinajstić information content (AvgIpc) is 3.37. The number of fused-ring (bicyclic) bond motifs is 6. The number of rotatable bonds is 9.